The molecular weight excluding hydrogens is 248 g/mol. The SMILES string of the molecule is CCn1c([C@@H](C)Oc2ccccc2)nc2ccccc21. The first-order chi connectivity index (χ1) is 9.79. The van der Waals surface area contributed by atoms with E-state index in [9.17, 15) is 0 Å². The number of aryl methyl sites for hydroxylation is 1. The van der Waals surface area contributed by atoms with E-state index in [-0.39, 0.29) is 6.10 Å². The minimum Gasteiger partial charge on any atom is -0.483 e. The monoisotopic (exact) mass is 266 g/mol. The lowest BCUT2D eigenvalue weighted by Gasteiger charge is -2.15. The van der Waals surface area contributed by atoms with Gasteiger partial charge in [-0.3, -0.25) is 0 Å². The van der Waals surface area contributed by atoms with Gasteiger partial charge < -0.3 is 9.30 Å². The van der Waals surface area contributed by atoms with Gasteiger partial charge >= 0.3 is 0 Å². The van der Waals surface area contributed by atoms with Gasteiger partial charge in [0.25, 0.3) is 0 Å². The standard InChI is InChI=1S/C17H18N2O/c1-3-19-16-12-8-7-11-15(16)18-17(19)13(2)20-14-9-5-4-6-10-14/h4-13H,3H2,1-2H3/t13-/m1/s1. The molecule has 3 aromatic rings. The number of benzene rings is 2. The van der Waals surface area contributed by atoms with Crippen LogP contribution in [0.25, 0.3) is 11.0 Å². The maximum atomic E-state index is 5.99. The first-order valence-electron chi connectivity index (χ1n) is 6.96. The molecule has 0 spiro atoms. The first-order valence-corrected chi connectivity index (χ1v) is 6.96. The van der Waals surface area contributed by atoms with Crippen LogP contribution in [0.1, 0.15) is 25.8 Å². The van der Waals surface area contributed by atoms with Gasteiger partial charge in [0, 0.05) is 6.54 Å². The topological polar surface area (TPSA) is 27.1 Å². The van der Waals surface area contributed by atoms with Crippen LogP contribution in [0.15, 0.2) is 54.6 Å². The molecule has 0 aliphatic rings. The summed E-state index contributed by atoms with van der Waals surface area (Å²) in [5, 5.41) is 0. The fourth-order valence-electron chi connectivity index (χ4n) is 2.49. The number of nitrogens with zero attached hydrogens (tertiary/aromatic N) is 2. The molecule has 3 heteroatoms. The molecule has 0 saturated heterocycles. The van der Waals surface area contributed by atoms with Crippen LogP contribution in [-0.4, -0.2) is 9.55 Å². The van der Waals surface area contributed by atoms with E-state index in [0.29, 0.717) is 0 Å². The third-order valence-corrected chi connectivity index (χ3v) is 3.42. The first kappa shape index (κ1) is 12.7. The van der Waals surface area contributed by atoms with Gasteiger partial charge in [0.1, 0.15) is 5.75 Å². The third-order valence-electron chi connectivity index (χ3n) is 3.42. The van der Waals surface area contributed by atoms with Crippen LogP contribution >= 0.6 is 0 Å². The van der Waals surface area contributed by atoms with Crippen molar-refractivity contribution >= 4 is 11.0 Å². The summed E-state index contributed by atoms with van der Waals surface area (Å²) in [4.78, 5) is 4.72. The molecule has 0 bridgehead atoms. The van der Waals surface area contributed by atoms with E-state index in [1.54, 1.807) is 0 Å². The normalized spacial score (nSPS) is 12.5. The van der Waals surface area contributed by atoms with E-state index in [1.807, 2.05) is 55.5 Å². The molecular formula is C17H18N2O. The van der Waals surface area contributed by atoms with Gasteiger partial charge in [-0.15, -0.1) is 0 Å². The lowest BCUT2D eigenvalue weighted by Crippen LogP contribution is -2.11. The number of aromatic nitrogens is 2. The van der Waals surface area contributed by atoms with Crippen LogP contribution in [0.5, 0.6) is 5.75 Å². The molecule has 3 rings (SSSR count). The average Bonchev–Trinajstić information content (AvgIpc) is 2.87. The number of ether oxygens (including phenoxy) is 1. The Morgan fingerprint density at radius 2 is 1.75 bits per heavy atom. The van der Waals surface area contributed by atoms with Crippen molar-refractivity contribution in [3.8, 4) is 5.75 Å². The van der Waals surface area contributed by atoms with Crippen LogP contribution < -0.4 is 4.74 Å². The Balaban J connectivity index is 1.97. The van der Waals surface area contributed by atoms with E-state index in [4.69, 9.17) is 9.72 Å². The van der Waals surface area contributed by atoms with Crippen molar-refractivity contribution in [2.45, 2.75) is 26.5 Å². The predicted molar refractivity (Wildman–Crippen MR) is 80.9 cm³/mol. The molecule has 0 amide bonds. The van der Waals surface area contributed by atoms with Crippen molar-refractivity contribution in [1.29, 1.82) is 0 Å². The summed E-state index contributed by atoms with van der Waals surface area (Å²) >= 11 is 0. The Kier molecular flexibility index (Phi) is 3.42. The number of hydrogen-bond acceptors (Lipinski definition) is 2. The quantitative estimate of drug-likeness (QED) is 0.707. The Hall–Kier alpha value is -2.29. The molecule has 0 aliphatic carbocycles. The van der Waals surface area contributed by atoms with Gasteiger partial charge in [-0.25, -0.2) is 4.98 Å². The Labute approximate surface area is 118 Å². The Morgan fingerprint density at radius 1 is 1.05 bits per heavy atom. The van der Waals surface area contributed by atoms with Crippen LogP contribution in [0, 0.1) is 0 Å². The van der Waals surface area contributed by atoms with Crippen molar-refractivity contribution in [2.75, 3.05) is 0 Å². The third kappa shape index (κ3) is 2.27. The molecule has 3 nitrogen and oxygen atoms in total. The molecule has 1 atom stereocenters. The number of fused-ring (bicyclic) bond motifs is 1. The molecule has 0 N–H and O–H groups in total. The maximum absolute atomic E-state index is 5.99. The van der Waals surface area contributed by atoms with Crippen molar-refractivity contribution in [3.05, 3.63) is 60.4 Å². The number of imidazole rings is 1. The number of para-hydroxylation sites is 3. The van der Waals surface area contributed by atoms with Crippen LogP contribution in [0.2, 0.25) is 0 Å². The molecule has 0 radical (unpaired) electrons. The average molecular weight is 266 g/mol. The minimum atomic E-state index is -0.0789. The maximum Gasteiger partial charge on any atom is 0.153 e. The molecule has 0 unspecified atom stereocenters. The lowest BCUT2D eigenvalue weighted by molar-refractivity contribution is 0.212. The van der Waals surface area contributed by atoms with E-state index in [1.165, 1.54) is 0 Å². The van der Waals surface area contributed by atoms with E-state index >= 15 is 0 Å². The van der Waals surface area contributed by atoms with Crippen molar-refractivity contribution in [2.24, 2.45) is 0 Å². The zero-order valence-corrected chi connectivity index (χ0v) is 11.8. The molecule has 0 fully saturated rings. The molecule has 0 aliphatic heterocycles. The highest BCUT2D eigenvalue weighted by atomic mass is 16.5. The Morgan fingerprint density at radius 3 is 2.50 bits per heavy atom. The highest BCUT2D eigenvalue weighted by Crippen LogP contribution is 2.24. The lowest BCUT2D eigenvalue weighted by atomic mass is 10.3. The summed E-state index contributed by atoms with van der Waals surface area (Å²) in [6.45, 7) is 5.06. The van der Waals surface area contributed by atoms with E-state index < -0.39 is 0 Å². The van der Waals surface area contributed by atoms with Crippen LogP contribution in [0.4, 0.5) is 0 Å². The molecule has 2 aromatic carbocycles. The van der Waals surface area contributed by atoms with Crippen molar-refractivity contribution < 1.29 is 4.74 Å². The van der Waals surface area contributed by atoms with Gasteiger partial charge in [0.05, 0.1) is 11.0 Å². The van der Waals surface area contributed by atoms with Gasteiger partial charge in [-0.05, 0) is 38.1 Å². The van der Waals surface area contributed by atoms with Gasteiger partial charge in [0.2, 0.25) is 0 Å². The molecule has 1 heterocycles. The van der Waals surface area contributed by atoms with Gasteiger partial charge in [-0.2, -0.15) is 0 Å². The van der Waals surface area contributed by atoms with Crippen molar-refractivity contribution in [3.63, 3.8) is 0 Å². The zero-order chi connectivity index (χ0) is 13.9. The highest BCUT2D eigenvalue weighted by Gasteiger charge is 2.16. The highest BCUT2D eigenvalue weighted by molar-refractivity contribution is 5.76. The zero-order valence-electron chi connectivity index (χ0n) is 11.8. The molecule has 20 heavy (non-hydrogen) atoms. The second kappa shape index (κ2) is 5.37. The molecule has 0 saturated carbocycles. The van der Waals surface area contributed by atoms with E-state index in [2.05, 4.69) is 17.6 Å². The fraction of sp³-hybridized carbons (Fsp3) is 0.235. The van der Waals surface area contributed by atoms with E-state index in [0.717, 1.165) is 29.2 Å². The molecule has 102 valence electrons. The summed E-state index contributed by atoms with van der Waals surface area (Å²) in [6, 6.07) is 18.1. The summed E-state index contributed by atoms with van der Waals surface area (Å²) in [6.07, 6.45) is -0.0789. The fourth-order valence-corrected chi connectivity index (χ4v) is 2.49. The molecule has 1 aromatic heterocycles. The van der Waals surface area contributed by atoms with Crippen molar-refractivity contribution in [1.82, 2.24) is 9.55 Å². The number of rotatable bonds is 4. The number of hydrogen-bond donors (Lipinski definition) is 0. The van der Waals surface area contributed by atoms with Crippen LogP contribution in [0.3, 0.4) is 0 Å². The summed E-state index contributed by atoms with van der Waals surface area (Å²) in [7, 11) is 0. The predicted octanol–water partition coefficient (Wildman–Crippen LogP) is 4.20. The minimum absolute atomic E-state index is 0.0789. The summed E-state index contributed by atoms with van der Waals surface area (Å²) < 4.78 is 8.20. The van der Waals surface area contributed by atoms with Gasteiger partial charge in [0.15, 0.2) is 11.9 Å². The summed E-state index contributed by atoms with van der Waals surface area (Å²) in [5.41, 5.74) is 2.18. The Bertz CT molecular complexity index is 703. The summed E-state index contributed by atoms with van der Waals surface area (Å²) in [5.74, 6) is 1.84. The van der Waals surface area contributed by atoms with Gasteiger partial charge in [-0.1, -0.05) is 30.3 Å². The van der Waals surface area contributed by atoms with Crippen LogP contribution in [-0.2, 0) is 6.54 Å². The largest absolute Gasteiger partial charge is 0.483 e. The second-order valence-corrected chi connectivity index (χ2v) is 4.78. The second-order valence-electron chi connectivity index (χ2n) is 4.78. The smallest absolute Gasteiger partial charge is 0.153 e.